The molecular weight excluding hydrogens is 468 g/mol. The predicted molar refractivity (Wildman–Crippen MR) is 145 cm³/mol. The summed E-state index contributed by atoms with van der Waals surface area (Å²) in [4.78, 5) is 8.86. The van der Waals surface area contributed by atoms with Crippen LogP contribution in [0.5, 0.6) is 11.5 Å². The fraction of sp³-hybridized carbons (Fsp3) is 0.519. The summed E-state index contributed by atoms with van der Waals surface area (Å²) in [5.41, 5.74) is 5.09. The third-order valence-electron chi connectivity index (χ3n) is 6.61. The van der Waals surface area contributed by atoms with Crippen molar-refractivity contribution in [2.24, 2.45) is 7.05 Å². The van der Waals surface area contributed by atoms with Crippen molar-refractivity contribution in [3.63, 3.8) is 0 Å². The average Bonchev–Trinajstić information content (AvgIpc) is 3.80. The van der Waals surface area contributed by atoms with Crippen LogP contribution >= 0.6 is 0 Å². The molecule has 0 radical (unpaired) electrons. The van der Waals surface area contributed by atoms with Gasteiger partial charge in [0.15, 0.2) is 11.6 Å². The molecule has 2 aliphatic heterocycles. The minimum absolute atomic E-state index is 0.0289. The van der Waals surface area contributed by atoms with Crippen molar-refractivity contribution in [2.75, 3.05) is 36.8 Å². The van der Waals surface area contributed by atoms with Gasteiger partial charge < -0.3 is 31.1 Å². The number of hydrogen-bond acceptors (Lipinski definition) is 9. The third-order valence-corrected chi connectivity index (χ3v) is 6.61. The Morgan fingerprint density at radius 3 is 2.51 bits per heavy atom. The highest BCUT2D eigenvalue weighted by Gasteiger charge is 2.27. The molecule has 0 bridgehead atoms. The van der Waals surface area contributed by atoms with Gasteiger partial charge in [-0.2, -0.15) is 10.1 Å². The maximum absolute atomic E-state index is 10.4. The Labute approximate surface area is 218 Å². The first-order valence-electron chi connectivity index (χ1n) is 13.2. The standard InChI is InChI=1S/C25H33N7O2.C2H5N/c1-14(2)23-20(13-32(4)31-23)28-24-21(33)12-27-25(30-24)29-19-9-15(3)18(16-7-8-26-11-16)10-22(19)34-17-5-6-17;1-2-3-1/h9-10,12-14,16-17,26,33H,5-8,11H2,1-4H3,(H2,27,28,29,30);3H,1-2H2. The second-order valence-corrected chi connectivity index (χ2v) is 10.4. The summed E-state index contributed by atoms with van der Waals surface area (Å²) in [6, 6.07) is 4.30. The van der Waals surface area contributed by atoms with Gasteiger partial charge in [-0.1, -0.05) is 13.8 Å². The Kier molecular flexibility index (Phi) is 7.48. The SMILES string of the molecule is C1CN1.Cc1cc(Nc2ncc(O)c(Nc3cn(C)nc3C(C)C)n2)c(OC2CC2)cc1C1CCNC1. The summed E-state index contributed by atoms with van der Waals surface area (Å²) in [6.07, 6.45) is 6.86. The van der Waals surface area contributed by atoms with E-state index in [0.717, 1.165) is 55.2 Å². The molecule has 4 heterocycles. The van der Waals surface area contributed by atoms with Crippen molar-refractivity contribution in [1.29, 1.82) is 0 Å². The summed E-state index contributed by atoms with van der Waals surface area (Å²) in [5, 5.41) is 27.9. The van der Waals surface area contributed by atoms with E-state index in [1.807, 2.05) is 13.2 Å². The van der Waals surface area contributed by atoms with E-state index in [0.29, 0.717) is 17.7 Å². The van der Waals surface area contributed by atoms with Crippen LogP contribution in [0.15, 0.2) is 24.5 Å². The molecule has 1 unspecified atom stereocenters. The number of rotatable bonds is 8. The van der Waals surface area contributed by atoms with Crippen LogP contribution < -0.4 is 26.0 Å². The minimum Gasteiger partial charge on any atom is -0.503 e. The quantitative estimate of drug-likeness (QED) is 0.287. The molecule has 1 aliphatic carbocycles. The second kappa shape index (κ2) is 10.9. The molecule has 3 aliphatic rings. The monoisotopic (exact) mass is 506 g/mol. The molecule has 0 amide bonds. The van der Waals surface area contributed by atoms with Crippen molar-refractivity contribution >= 4 is 23.1 Å². The molecule has 2 saturated heterocycles. The van der Waals surface area contributed by atoms with Crippen LogP contribution in [-0.2, 0) is 7.05 Å². The summed E-state index contributed by atoms with van der Waals surface area (Å²) in [7, 11) is 1.87. The zero-order valence-electron chi connectivity index (χ0n) is 22.1. The first-order valence-corrected chi connectivity index (χ1v) is 13.2. The number of nitrogens with zero attached hydrogens (tertiary/aromatic N) is 4. The number of anilines is 4. The molecule has 198 valence electrons. The van der Waals surface area contributed by atoms with Crippen LogP contribution in [0.1, 0.15) is 61.8 Å². The van der Waals surface area contributed by atoms with Crippen LogP contribution in [-0.4, -0.2) is 57.1 Å². The Morgan fingerprint density at radius 1 is 1.08 bits per heavy atom. The maximum atomic E-state index is 10.4. The van der Waals surface area contributed by atoms with Gasteiger partial charge in [0.1, 0.15) is 5.75 Å². The van der Waals surface area contributed by atoms with Gasteiger partial charge in [0, 0.05) is 32.9 Å². The van der Waals surface area contributed by atoms with Gasteiger partial charge >= 0.3 is 0 Å². The number of aryl methyl sites for hydroxylation is 2. The lowest BCUT2D eigenvalue weighted by Crippen LogP contribution is -2.10. The van der Waals surface area contributed by atoms with E-state index in [-0.39, 0.29) is 17.8 Å². The average molecular weight is 507 g/mol. The first kappa shape index (κ1) is 25.3. The van der Waals surface area contributed by atoms with E-state index < -0.39 is 0 Å². The van der Waals surface area contributed by atoms with E-state index in [1.165, 1.54) is 30.4 Å². The fourth-order valence-electron chi connectivity index (χ4n) is 4.43. The minimum atomic E-state index is -0.0289. The zero-order valence-corrected chi connectivity index (χ0v) is 22.1. The number of ether oxygens (including phenoxy) is 1. The molecule has 10 heteroatoms. The lowest BCUT2D eigenvalue weighted by Gasteiger charge is -2.19. The van der Waals surface area contributed by atoms with Gasteiger partial charge in [-0.05, 0) is 67.8 Å². The van der Waals surface area contributed by atoms with Crippen LogP contribution in [0, 0.1) is 6.92 Å². The summed E-state index contributed by atoms with van der Waals surface area (Å²) >= 11 is 0. The lowest BCUT2D eigenvalue weighted by molar-refractivity contribution is 0.304. The van der Waals surface area contributed by atoms with Gasteiger partial charge in [0.25, 0.3) is 0 Å². The number of aromatic nitrogens is 4. The van der Waals surface area contributed by atoms with Crippen molar-refractivity contribution < 1.29 is 9.84 Å². The van der Waals surface area contributed by atoms with E-state index >= 15 is 0 Å². The van der Waals surface area contributed by atoms with Crippen molar-refractivity contribution in [3.05, 3.63) is 41.3 Å². The van der Waals surface area contributed by atoms with E-state index in [4.69, 9.17) is 4.74 Å². The summed E-state index contributed by atoms with van der Waals surface area (Å²) in [5.74, 6) is 2.23. The molecule has 1 atom stereocenters. The normalized spacial score (nSPS) is 18.4. The molecule has 3 fully saturated rings. The van der Waals surface area contributed by atoms with Gasteiger partial charge in [-0.25, -0.2) is 4.98 Å². The van der Waals surface area contributed by atoms with Crippen LogP contribution in [0.4, 0.5) is 23.1 Å². The van der Waals surface area contributed by atoms with Crippen LogP contribution in [0.2, 0.25) is 0 Å². The second-order valence-electron chi connectivity index (χ2n) is 10.4. The van der Waals surface area contributed by atoms with Gasteiger partial charge in [0.2, 0.25) is 5.95 Å². The topological polar surface area (TPSA) is 131 Å². The van der Waals surface area contributed by atoms with Gasteiger partial charge in [-0.15, -0.1) is 0 Å². The molecule has 3 aromatic rings. The van der Waals surface area contributed by atoms with Crippen LogP contribution in [0.3, 0.4) is 0 Å². The first-order chi connectivity index (χ1) is 17.9. The number of hydrogen-bond donors (Lipinski definition) is 5. The Hall–Kier alpha value is -3.37. The molecule has 2 aromatic heterocycles. The molecular formula is C27H38N8O2. The summed E-state index contributed by atoms with van der Waals surface area (Å²) in [6.45, 7) is 10.8. The molecule has 0 spiro atoms. The van der Waals surface area contributed by atoms with Crippen molar-refractivity contribution in [1.82, 2.24) is 30.4 Å². The summed E-state index contributed by atoms with van der Waals surface area (Å²) < 4.78 is 8.01. The lowest BCUT2D eigenvalue weighted by atomic mass is 9.93. The van der Waals surface area contributed by atoms with E-state index in [1.54, 1.807) is 4.68 Å². The number of nitrogens with one attached hydrogen (secondary N) is 4. The molecule has 10 nitrogen and oxygen atoms in total. The van der Waals surface area contributed by atoms with Crippen LogP contribution in [0.25, 0.3) is 0 Å². The number of aromatic hydroxyl groups is 1. The molecule has 37 heavy (non-hydrogen) atoms. The Morgan fingerprint density at radius 2 is 1.86 bits per heavy atom. The van der Waals surface area contributed by atoms with Crippen molar-refractivity contribution in [3.8, 4) is 11.5 Å². The van der Waals surface area contributed by atoms with E-state index in [2.05, 4.69) is 69.2 Å². The molecule has 5 N–H and O–H groups in total. The Balaban J connectivity index is 0.000000872. The fourth-order valence-corrected chi connectivity index (χ4v) is 4.43. The molecule has 6 rings (SSSR count). The predicted octanol–water partition coefficient (Wildman–Crippen LogP) is 4.04. The Bertz CT molecular complexity index is 1230. The number of benzene rings is 1. The highest BCUT2D eigenvalue weighted by Crippen LogP contribution is 2.39. The zero-order chi connectivity index (χ0) is 25.9. The van der Waals surface area contributed by atoms with E-state index in [9.17, 15) is 5.11 Å². The maximum Gasteiger partial charge on any atom is 0.229 e. The van der Waals surface area contributed by atoms with Crippen molar-refractivity contribution in [2.45, 2.75) is 58.0 Å². The molecule has 1 saturated carbocycles. The highest BCUT2D eigenvalue weighted by atomic mass is 16.5. The molecule has 1 aromatic carbocycles. The smallest absolute Gasteiger partial charge is 0.229 e. The van der Waals surface area contributed by atoms with Gasteiger partial charge in [0.05, 0.1) is 29.4 Å². The third kappa shape index (κ3) is 6.50. The van der Waals surface area contributed by atoms with Gasteiger partial charge in [-0.3, -0.25) is 4.68 Å². The largest absolute Gasteiger partial charge is 0.503 e. The highest BCUT2D eigenvalue weighted by molar-refractivity contribution is 5.69.